The van der Waals surface area contributed by atoms with E-state index < -0.39 is 0 Å². The standard InChI is InChI=1S/C18H30N2/c1-5-20-12-16(15-9-7-6-8-10-15)11-17(13-20)19-14-18(2,3)4/h6-10,16-17,19H,5,11-14H2,1-4H3. The Labute approximate surface area is 124 Å². The van der Waals surface area contributed by atoms with Gasteiger partial charge in [-0.2, -0.15) is 0 Å². The van der Waals surface area contributed by atoms with Crippen molar-refractivity contribution in [3.05, 3.63) is 35.9 Å². The van der Waals surface area contributed by atoms with Crippen molar-refractivity contribution in [3.63, 3.8) is 0 Å². The summed E-state index contributed by atoms with van der Waals surface area (Å²) in [6.45, 7) is 13.8. The molecule has 1 aromatic rings. The van der Waals surface area contributed by atoms with Gasteiger partial charge in [0, 0.05) is 25.7 Å². The fraction of sp³-hybridized carbons (Fsp3) is 0.667. The van der Waals surface area contributed by atoms with E-state index in [1.165, 1.54) is 25.1 Å². The first-order chi connectivity index (χ1) is 9.48. The van der Waals surface area contributed by atoms with Gasteiger partial charge in [-0.3, -0.25) is 0 Å². The Morgan fingerprint density at radius 3 is 2.45 bits per heavy atom. The Kier molecular flexibility index (Phi) is 5.22. The maximum absolute atomic E-state index is 3.78. The second kappa shape index (κ2) is 6.73. The molecule has 2 unspecified atom stereocenters. The molecule has 0 bridgehead atoms. The van der Waals surface area contributed by atoms with Crippen LogP contribution in [0, 0.1) is 5.41 Å². The summed E-state index contributed by atoms with van der Waals surface area (Å²) in [6.07, 6.45) is 1.26. The minimum absolute atomic E-state index is 0.358. The van der Waals surface area contributed by atoms with Gasteiger partial charge in [0.2, 0.25) is 0 Å². The molecule has 1 aliphatic heterocycles. The molecule has 2 rings (SSSR count). The molecular formula is C18H30N2. The summed E-state index contributed by atoms with van der Waals surface area (Å²) < 4.78 is 0. The fourth-order valence-corrected chi connectivity index (χ4v) is 3.01. The third-order valence-corrected chi connectivity index (χ3v) is 4.17. The predicted octanol–water partition coefficient (Wildman–Crippen LogP) is 3.50. The molecule has 1 heterocycles. The Morgan fingerprint density at radius 1 is 1.15 bits per heavy atom. The van der Waals surface area contributed by atoms with E-state index in [4.69, 9.17) is 0 Å². The van der Waals surface area contributed by atoms with Crippen LogP contribution in [0.4, 0.5) is 0 Å². The second-order valence-corrected chi connectivity index (χ2v) is 7.33. The van der Waals surface area contributed by atoms with Crippen molar-refractivity contribution in [2.45, 2.75) is 46.1 Å². The molecule has 1 saturated heterocycles. The quantitative estimate of drug-likeness (QED) is 0.904. The number of hydrogen-bond donors (Lipinski definition) is 1. The number of hydrogen-bond acceptors (Lipinski definition) is 2. The number of likely N-dealkylation sites (N-methyl/N-ethyl adjacent to an activating group) is 1. The van der Waals surface area contributed by atoms with Gasteiger partial charge in [0.15, 0.2) is 0 Å². The van der Waals surface area contributed by atoms with E-state index >= 15 is 0 Å². The normalized spacial score (nSPS) is 24.8. The van der Waals surface area contributed by atoms with Crippen molar-refractivity contribution in [2.24, 2.45) is 5.41 Å². The lowest BCUT2D eigenvalue weighted by atomic mass is 9.87. The molecule has 112 valence electrons. The molecule has 0 amide bonds. The van der Waals surface area contributed by atoms with Crippen LogP contribution in [0.3, 0.4) is 0 Å². The van der Waals surface area contributed by atoms with Gasteiger partial charge in [-0.25, -0.2) is 0 Å². The number of nitrogens with zero attached hydrogens (tertiary/aromatic N) is 1. The highest BCUT2D eigenvalue weighted by atomic mass is 15.2. The summed E-state index contributed by atoms with van der Waals surface area (Å²) in [4.78, 5) is 2.58. The van der Waals surface area contributed by atoms with Crippen LogP contribution in [0.25, 0.3) is 0 Å². The van der Waals surface area contributed by atoms with Gasteiger partial charge in [-0.1, -0.05) is 58.0 Å². The second-order valence-electron chi connectivity index (χ2n) is 7.33. The first-order valence-electron chi connectivity index (χ1n) is 7.98. The van der Waals surface area contributed by atoms with Crippen LogP contribution in [-0.2, 0) is 0 Å². The molecule has 0 aromatic heterocycles. The number of likely N-dealkylation sites (tertiary alicyclic amines) is 1. The third-order valence-electron chi connectivity index (χ3n) is 4.17. The Bertz CT molecular complexity index is 394. The van der Waals surface area contributed by atoms with Crippen molar-refractivity contribution in [1.82, 2.24) is 10.2 Å². The molecular weight excluding hydrogens is 244 g/mol. The zero-order chi connectivity index (χ0) is 14.6. The van der Waals surface area contributed by atoms with E-state index in [0.717, 1.165) is 13.1 Å². The molecule has 2 heteroatoms. The minimum atomic E-state index is 0.358. The van der Waals surface area contributed by atoms with Gasteiger partial charge >= 0.3 is 0 Å². The van der Waals surface area contributed by atoms with E-state index in [0.29, 0.717) is 17.4 Å². The van der Waals surface area contributed by atoms with Gasteiger partial charge in [0.25, 0.3) is 0 Å². The Morgan fingerprint density at radius 2 is 1.85 bits per heavy atom. The van der Waals surface area contributed by atoms with Gasteiger partial charge in [-0.05, 0) is 29.9 Å². The summed E-state index contributed by atoms with van der Waals surface area (Å²) in [5.74, 6) is 0.669. The third kappa shape index (κ3) is 4.60. The molecule has 0 spiro atoms. The van der Waals surface area contributed by atoms with Crippen LogP contribution < -0.4 is 5.32 Å². The number of benzene rings is 1. The topological polar surface area (TPSA) is 15.3 Å². The Hall–Kier alpha value is -0.860. The van der Waals surface area contributed by atoms with E-state index in [2.05, 4.69) is 68.2 Å². The fourth-order valence-electron chi connectivity index (χ4n) is 3.01. The van der Waals surface area contributed by atoms with Crippen molar-refractivity contribution in [3.8, 4) is 0 Å². The first-order valence-corrected chi connectivity index (χ1v) is 7.98. The zero-order valence-corrected chi connectivity index (χ0v) is 13.5. The van der Waals surface area contributed by atoms with E-state index in [9.17, 15) is 0 Å². The Balaban J connectivity index is 2.00. The van der Waals surface area contributed by atoms with Gasteiger partial charge < -0.3 is 10.2 Å². The monoisotopic (exact) mass is 274 g/mol. The van der Waals surface area contributed by atoms with Gasteiger partial charge in [-0.15, -0.1) is 0 Å². The van der Waals surface area contributed by atoms with E-state index in [1.807, 2.05) is 0 Å². The largest absolute Gasteiger partial charge is 0.312 e. The highest BCUT2D eigenvalue weighted by Gasteiger charge is 2.27. The van der Waals surface area contributed by atoms with Crippen molar-refractivity contribution in [2.75, 3.05) is 26.2 Å². The average molecular weight is 274 g/mol. The molecule has 2 atom stereocenters. The zero-order valence-electron chi connectivity index (χ0n) is 13.5. The van der Waals surface area contributed by atoms with Crippen LogP contribution in [0.15, 0.2) is 30.3 Å². The SMILES string of the molecule is CCN1CC(NCC(C)(C)C)CC(c2ccccc2)C1. The summed E-state index contributed by atoms with van der Waals surface area (Å²) in [6, 6.07) is 11.6. The lowest BCUT2D eigenvalue weighted by Gasteiger charge is -2.39. The summed E-state index contributed by atoms with van der Waals surface area (Å²) in [5, 5.41) is 3.78. The predicted molar refractivity (Wildman–Crippen MR) is 87.2 cm³/mol. The van der Waals surface area contributed by atoms with E-state index in [1.54, 1.807) is 0 Å². The minimum Gasteiger partial charge on any atom is -0.312 e. The molecule has 20 heavy (non-hydrogen) atoms. The molecule has 0 saturated carbocycles. The molecule has 1 N–H and O–H groups in total. The van der Waals surface area contributed by atoms with Crippen LogP contribution >= 0.6 is 0 Å². The molecule has 1 aliphatic rings. The van der Waals surface area contributed by atoms with Gasteiger partial charge in [0.1, 0.15) is 0 Å². The van der Waals surface area contributed by atoms with Crippen LogP contribution in [0.1, 0.15) is 45.6 Å². The van der Waals surface area contributed by atoms with E-state index in [-0.39, 0.29) is 0 Å². The highest BCUT2D eigenvalue weighted by molar-refractivity contribution is 5.21. The smallest absolute Gasteiger partial charge is 0.0201 e. The van der Waals surface area contributed by atoms with Crippen molar-refractivity contribution < 1.29 is 0 Å². The molecule has 1 fully saturated rings. The maximum atomic E-state index is 3.78. The lowest BCUT2D eigenvalue weighted by Crippen LogP contribution is -2.50. The summed E-state index contributed by atoms with van der Waals surface area (Å²) in [5.41, 5.74) is 1.85. The molecule has 0 aliphatic carbocycles. The molecule has 2 nitrogen and oxygen atoms in total. The van der Waals surface area contributed by atoms with Crippen LogP contribution in [0.2, 0.25) is 0 Å². The molecule has 1 aromatic carbocycles. The lowest BCUT2D eigenvalue weighted by molar-refractivity contribution is 0.171. The van der Waals surface area contributed by atoms with Gasteiger partial charge in [0.05, 0.1) is 0 Å². The maximum Gasteiger partial charge on any atom is 0.0201 e. The summed E-state index contributed by atoms with van der Waals surface area (Å²) >= 11 is 0. The number of piperidine rings is 1. The van der Waals surface area contributed by atoms with Crippen molar-refractivity contribution >= 4 is 0 Å². The number of nitrogens with one attached hydrogen (secondary N) is 1. The number of rotatable bonds is 4. The van der Waals surface area contributed by atoms with Crippen LogP contribution in [-0.4, -0.2) is 37.1 Å². The average Bonchev–Trinajstić information content (AvgIpc) is 2.45. The summed E-state index contributed by atoms with van der Waals surface area (Å²) in [7, 11) is 0. The van der Waals surface area contributed by atoms with Crippen LogP contribution in [0.5, 0.6) is 0 Å². The molecule has 0 radical (unpaired) electrons. The van der Waals surface area contributed by atoms with Crippen molar-refractivity contribution in [1.29, 1.82) is 0 Å². The first kappa shape index (κ1) is 15.5. The highest BCUT2D eigenvalue weighted by Crippen LogP contribution is 2.27.